The minimum Gasteiger partial charge on any atom is -0.353 e. The Bertz CT molecular complexity index is 1110. The van der Waals surface area contributed by atoms with Crippen molar-refractivity contribution in [3.63, 3.8) is 0 Å². The van der Waals surface area contributed by atoms with Crippen molar-refractivity contribution in [2.24, 2.45) is 0 Å². The lowest BCUT2D eigenvalue weighted by Crippen LogP contribution is -2.49. The van der Waals surface area contributed by atoms with Gasteiger partial charge in [0.05, 0.1) is 11.3 Å². The topological polar surface area (TPSA) is 116 Å². The SMILES string of the molecule is O=c1[nH]cc(-c2cnc(NCC3(c4ncccc4F)CC(F)C3)nc2)c(=O)[nH]1. The third-order valence-electron chi connectivity index (χ3n) is 4.85. The zero-order valence-electron chi connectivity index (χ0n) is 14.6. The second kappa shape index (κ2) is 6.95. The number of nitrogens with zero attached hydrogens (tertiary/aromatic N) is 3. The Hall–Kier alpha value is -3.43. The van der Waals surface area contributed by atoms with Crippen LogP contribution in [0.25, 0.3) is 11.1 Å². The molecule has 3 heterocycles. The minimum atomic E-state index is -1.00. The number of pyridine rings is 1. The highest BCUT2D eigenvalue weighted by atomic mass is 19.1. The van der Waals surface area contributed by atoms with Gasteiger partial charge in [-0.1, -0.05) is 0 Å². The Kier molecular flexibility index (Phi) is 4.46. The summed E-state index contributed by atoms with van der Waals surface area (Å²) < 4.78 is 27.8. The van der Waals surface area contributed by atoms with Gasteiger partial charge in [0, 0.05) is 42.3 Å². The average molecular weight is 386 g/mol. The summed E-state index contributed by atoms with van der Waals surface area (Å²) in [6.45, 7) is 0.222. The molecule has 3 aromatic heterocycles. The predicted octanol–water partition coefficient (Wildman–Crippen LogP) is 1.54. The number of H-pyrrole nitrogens is 2. The largest absolute Gasteiger partial charge is 0.353 e. The summed E-state index contributed by atoms with van der Waals surface area (Å²) in [6.07, 6.45) is 4.94. The number of hydrogen-bond donors (Lipinski definition) is 3. The number of hydrogen-bond acceptors (Lipinski definition) is 6. The molecule has 8 nitrogen and oxygen atoms in total. The van der Waals surface area contributed by atoms with E-state index in [1.165, 1.54) is 36.9 Å². The van der Waals surface area contributed by atoms with Gasteiger partial charge >= 0.3 is 5.69 Å². The van der Waals surface area contributed by atoms with E-state index in [0.717, 1.165) is 0 Å². The molecule has 1 aliphatic carbocycles. The first kappa shape index (κ1) is 18.0. The van der Waals surface area contributed by atoms with Crippen molar-refractivity contribution in [2.45, 2.75) is 24.4 Å². The Morgan fingerprint density at radius 2 is 1.96 bits per heavy atom. The summed E-state index contributed by atoms with van der Waals surface area (Å²) in [5.74, 6) is -0.215. The van der Waals surface area contributed by atoms with Gasteiger partial charge in [-0.15, -0.1) is 0 Å². The van der Waals surface area contributed by atoms with E-state index in [4.69, 9.17) is 0 Å². The Morgan fingerprint density at radius 3 is 2.61 bits per heavy atom. The molecule has 144 valence electrons. The van der Waals surface area contributed by atoms with Crippen molar-refractivity contribution in [1.29, 1.82) is 0 Å². The van der Waals surface area contributed by atoms with Crippen LogP contribution in [0.3, 0.4) is 0 Å². The lowest BCUT2D eigenvalue weighted by Gasteiger charge is -2.43. The lowest BCUT2D eigenvalue weighted by molar-refractivity contribution is 0.0963. The molecular formula is C18H16F2N6O2. The van der Waals surface area contributed by atoms with Crippen LogP contribution < -0.4 is 16.6 Å². The fourth-order valence-electron chi connectivity index (χ4n) is 3.42. The van der Waals surface area contributed by atoms with E-state index in [1.54, 1.807) is 0 Å². The number of aromatic nitrogens is 5. The lowest BCUT2D eigenvalue weighted by atomic mass is 9.65. The monoisotopic (exact) mass is 386 g/mol. The fourth-order valence-corrected chi connectivity index (χ4v) is 3.42. The number of aromatic amines is 2. The standard InChI is InChI=1S/C18H16F2N6O2/c19-11-4-18(5-11,14-13(20)2-1-3-21-14)9-25-16-22-6-10(7-23-16)12-8-24-17(28)26-15(12)27/h1-3,6-8,11H,4-5,9H2,(H,22,23,25)(H2,24,26,27,28). The van der Waals surface area contributed by atoms with Crippen LogP contribution in [0.2, 0.25) is 0 Å². The van der Waals surface area contributed by atoms with Crippen LogP contribution in [0.1, 0.15) is 18.5 Å². The second-order valence-electron chi connectivity index (χ2n) is 6.75. The van der Waals surface area contributed by atoms with Crippen molar-refractivity contribution in [1.82, 2.24) is 24.9 Å². The van der Waals surface area contributed by atoms with Crippen molar-refractivity contribution in [3.05, 3.63) is 69.3 Å². The zero-order valence-corrected chi connectivity index (χ0v) is 14.6. The highest BCUT2D eigenvalue weighted by Gasteiger charge is 2.48. The first-order chi connectivity index (χ1) is 13.5. The highest BCUT2D eigenvalue weighted by Crippen LogP contribution is 2.45. The molecule has 1 aliphatic rings. The van der Waals surface area contributed by atoms with Gasteiger partial charge < -0.3 is 10.3 Å². The number of alkyl halides is 1. The van der Waals surface area contributed by atoms with Crippen LogP contribution in [0.15, 0.2) is 46.5 Å². The van der Waals surface area contributed by atoms with E-state index in [1.807, 2.05) is 0 Å². The second-order valence-corrected chi connectivity index (χ2v) is 6.75. The molecule has 0 unspecified atom stereocenters. The van der Waals surface area contributed by atoms with Gasteiger partial charge in [-0.25, -0.2) is 23.5 Å². The van der Waals surface area contributed by atoms with Gasteiger partial charge in [0.2, 0.25) is 5.95 Å². The maximum Gasteiger partial charge on any atom is 0.325 e. The Labute approximate surface area is 157 Å². The van der Waals surface area contributed by atoms with Crippen LogP contribution in [-0.4, -0.2) is 37.6 Å². The van der Waals surface area contributed by atoms with E-state index in [9.17, 15) is 18.4 Å². The molecule has 0 amide bonds. The van der Waals surface area contributed by atoms with E-state index in [2.05, 4.69) is 30.2 Å². The molecule has 4 rings (SSSR count). The molecule has 0 atom stereocenters. The van der Waals surface area contributed by atoms with Crippen LogP contribution in [0.4, 0.5) is 14.7 Å². The smallest absolute Gasteiger partial charge is 0.325 e. The van der Waals surface area contributed by atoms with Crippen LogP contribution in [-0.2, 0) is 5.41 Å². The van der Waals surface area contributed by atoms with Gasteiger partial charge in [0.25, 0.3) is 5.56 Å². The molecule has 28 heavy (non-hydrogen) atoms. The number of nitrogens with one attached hydrogen (secondary N) is 3. The zero-order chi connectivity index (χ0) is 19.7. The third-order valence-corrected chi connectivity index (χ3v) is 4.85. The summed E-state index contributed by atoms with van der Waals surface area (Å²) >= 11 is 0. The van der Waals surface area contributed by atoms with Gasteiger partial charge in [0.1, 0.15) is 12.0 Å². The third kappa shape index (κ3) is 3.28. The van der Waals surface area contributed by atoms with Gasteiger partial charge in [-0.3, -0.25) is 14.8 Å². The number of halogens is 2. The fraction of sp³-hybridized carbons (Fsp3) is 0.278. The van der Waals surface area contributed by atoms with Gasteiger partial charge in [0.15, 0.2) is 0 Å². The molecule has 0 radical (unpaired) electrons. The Morgan fingerprint density at radius 1 is 1.21 bits per heavy atom. The first-order valence-corrected chi connectivity index (χ1v) is 8.60. The molecule has 0 aromatic carbocycles. The van der Waals surface area contributed by atoms with Crippen molar-refractivity contribution >= 4 is 5.95 Å². The van der Waals surface area contributed by atoms with Crippen molar-refractivity contribution in [3.8, 4) is 11.1 Å². The van der Waals surface area contributed by atoms with Crippen LogP contribution >= 0.6 is 0 Å². The summed E-state index contributed by atoms with van der Waals surface area (Å²) in [6, 6.07) is 2.80. The maximum atomic E-state index is 14.2. The molecule has 1 fully saturated rings. The molecule has 0 saturated heterocycles. The van der Waals surface area contributed by atoms with Crippen molar-refractivity contribution < 1.29 is 8.78 Å². The molecule has 10 heteroatoms. The first-order valence-electron chi connectivity index (χ1n) is 8.60. The van der Waals surface area contributed by atoms with E-state index in [0.29, 0.717) is 5.56 Å². The molecule has 3 N–H and O–H groups in total. The average Bonchev–Trinajstić information content (AvgIpc) is 2.65. The summed E-state index contributed by atoms with van der Waals surface area (Å²) in [4.78, 5) is 39.8. The number of rotatable bonds is 5. The quantitative estimate of drug-likeness (QED) is 0.612. The minimum absolute atomic E-state index is 0.165. The molecule has 0 spiro atoms. The van der Waals surface area contributed by atoms with Gasteiger partial charge in [-0.05, 0) is 25.0 Å². The van der Waals surface area contributed by atoms with E-state index in [-0.39, 0.29) is 36.6 Å². The molecule has 0 bridgehead atoms. The summed E-state index contributed by atoms with van der Waals surface area (Å²) in [7, 11) is 0. The Balaban J connectivity index is 1.52. The summed E-state index contributed by atoms with van der Waals surface area (Å²) in [5.41, 5.74) is -1.05. The normalized spacial score (nSPS) is 21.1. The van der Waals surface area contributed by atoms with E-state index < -0.39 is 28.7 Å². The number of anilines is 1. The molecule has 0 aliphatic heterocycles. The summed E-state index contributed by atoms with van der Waals surface area (Å²) in [5, 5.41) is 3.00. The van der Waals surface area contributed by atoms with Gasteiger partial charge in [-0.2, -0.15) is 0 Å². The molecular weight excluding hydrogens is 370 g/mol. The van der Waals surface area contributed by atoms with E-state index >= 15 is 0 Å². The van der Waals surface area contributed by atoms with Crippen LogP contribution in [0, 0.1) is 5.82 Å². The molecule has 1 saturated carbocycles. The van der Waals surface area contributed by atoms with Crippen LogP contribution in [0.5, 0.6) is 0 Å². The maximum absolute atomic E-state index is 14.2. The highest BCUT2D eigenvalue weighted by molar-refractivity contribution is 5.59. The van der Waals surface area contributed by atoms with Crippen molar-refractivity contribution in [2.75, 3.05) is 11.9 Å². The predicted molar refractivity (Wildman–Crippen MR) is 97.2 cm³/mol. The molecule has 3 aromatic rings.